The van der Waals surface area contributed by atoms with Crippen LogP contribution in [0.5, 0.6) is 0 Å². The first-order valence-electron chi connectivity index (χ1n) is 7.40. The largest absolute Gasteiger partial charge is 0.326 e. The quantitative estimate of drug-likeness (QED) is 0.903. The molecule has 1 amide bonds. The minimum Gasteiger partial charge on any atom is -0.326 e. The van der Waals surface area contributed by atoms with E-state index in [9.17, 15) is 4.79 Å². The van der Waals surface area contributed by atoms with Crippen molar-refractivity contribution in [2.24, 2.45) is 0 Å². The molecule has 0 aliphatic carbocycles. The Morgan fingerprint density at radius 3 is 2.76 bits per heavy atom. The molecule has 2 N–H and O–H groups in total. The second-order valence-electron chi connectivity index (χ2n) is 5.55. The van der Waals surface area contributed by atoms with Gasteiger partial charge < -0.3 is 10.6 Å². The van der Waals surface area contributed by atoms with Crippen molar-refractivity contribution in [3.8, 4) is 0 Å². The molecule has 2 aromatic rings. The summed E-state index contributed by atoms with van der Waals surface area (Å²) in [5, 5.41) is 6.42. The maximum Gasteiger partial charge on any atom is 0.228 e. The Hall–Kier alpha value is -2.13. The molecule has 3 nitrogen and oxygen atoms in total. The third-order valence-corrected chi connectivity index (χ3v) is 3.87. The summed E-state index contributed by atoms with van der Waals surface area (Å²) < 4.78 is 0. The molecule has 1 atom stereocenters. The van der Waals surface area contributed by atoms with Crippen LogP contribution in [0.3, 0.4) is 0 Å². The first-order chi connectivity index (χ1) is 10.2. The number of carbonyl (C=O) groups excluding carboxylic acids is 1. The van der Waals surface area contributed by atoms with Gasteiger partial charge in [-0.1, -0.05) is 48.9 Å². The number of anilines is 1. The second kappa shape index (κ2) is 5.70. The molecule has 3 heteroatoms. The zero-order valence-corrected chi connectivity index (χ0v) is 12.4. The van der Waals surface area contributed by atoms with Gasteiger partial charge in [-0.2, -0.15) is 0 Å². The number of aryl methyl sites for hydroxylation is 1. The molecule has 0 saturated carbocycles. The van der Waals surface area contributed by atoms with Crippen LogP contribution in [0.1, 0.15) is 35.2 Å². The fourth-order valence-corrected chi connectivity index (χ4v) is 2.91. The number of hydrogen-bond donors (Lipinski definition) is 2. The van der Waals surface area contributed by atoms with Crippen LogP contribution in [0.15, 0.2) is 42.5 Å². The Morgan fingerprint density at radius 2 is 2.00 bits per heavy atom. The number of rotatable bonds is 4. The molecule has 1 aliphatic heterocycles. The lowest BCUT2D eigenvalue weighted by Gasteiger charge is -2.20. The zero-order chi connectivity index (χ0) is 14.8. The normalized spacial score (nSPS) is 14.7. The van der Waals surface area contributed by atoms with E-state index in [2.05, 4.69) is 60.9 Å². The lowest BCUT2D eigenvalue weighted by molar-refractivity contribution is -0.115. The Bertz CT molecular complexity index is 679. The summed E-state index contributed by atoms with van der Waals surface area (Å²) in [6.45, 7) is 5.12. The van der Waals surface area contributed by atoms with E-state index >= 15 is 0 Å². The number of carbonyl (C=O) groups is 1. The van der Waals surface area contributed by atoms with Crippen molar-refractivity contribution >= 4 is 11.6 Å². The Balaban J connectivity index is 1.98. The SMILES string of the molecule is CCNC(c1cccc(C)c1)c1ccc2c(c1)CC(=O)N2. The van der Waals surface area contributed by atoms with Crippen molar-refractivity contribution in [3.05, 3.63) is 64.7 Å². The van der Waals surface area contributed by atoms with E-state index in [4.69, 9.17) is 0 Å². The maximum atomic E-state index is 11.5. The number of nitrogens with one attached hydrogen (secondary N) is 2. The van der Waals surface area contributed by atoms with Gasteiger partial charge in [0.25, 0.3) is 0 Å². The van der Waals surface area contributed by atoms with Crippen molar-refractivity contribution in [2.45, 2.75) is 26.3 Å². The van der Waals surface area contributed by atoms with Crippen LogP contribution in [0, 0.1) is 6.92 Å². The Labute approximate surface area is 125 Å². The molecule has 3 rings (SSSR count). The first kappa shape index (κ1) is 13.8. The highest BCUT2D eigenvalue weighted by atomic mass is 16.1. The summed E-state index contributed by atoms with van der Waals surface area (Å²) in [7, 11) is 0. The average Bonchev–Trinajstić information content (AvgIpc) is 2.83. The summed E-state index contributed by atoms with van der Waals surface area (Å²) in [6, 6.07) is 15.0. The highest BCUT2D eigenvalue weighted by Gasteiger charge is 2.20. The molecule has 0 spiro atoms. The van der Waals surface area contributed by atoms with Gasteiger partial charge in [-0.15, -0.1) is 0 Å². The van der Waals surface area contributed by atoms with Crippen LogP contribution in [0.2, 0.25) is 0 Å². The van der Waals surface area contributed by atoms with Crippen LogP contribution in [0.4, 0.5) is 5.69 Å². The van der Waals surface area contributed by atoms with E-state index in [-0.39, 0.29) is 11.9 Å². The van der Waals surface area contributed by atoms with Gasteiger partial charge in [0.05, 0.1) is 12.5 Å². The molecule has 0 saturated heterocycles. The summed E-state index contributed by atoms with van der Waals surface area (Å²) >= 11 is 0. The lowest BCUT2D eigenvalue weighted by Crippen LogP contribution is -2.22. The van der Waals surface area contributed by atoms with Crippen molar-refractivity contribution < 1.29 is 4.79 Å². The monoisotopic (exact) mass is 280 g/mol. The zero-order valence-electron chi connectivity index (χ0n) is 12.4. The Morgan fingerprint density at radius 1 is 1.19 bits per heavy atom. The van der Waals surface area contributed by atoms with Gasteiger partial charge in [0.2, 0.25) is 5.91 Å². The molecule has 1 unspecified atom stereocenters. The van der Waals surface area contributed by atoms with Gasteiger partial charge in [0.1, 0.15) is 0 Å². The van der Waals surface area contributed by atoms with Crippen LogP contribution in [-0.4, -0.2) is 12.5 Å². The second-order valence-corrected chi connectivity index (χ2v) is 5.55. The predicted octanol–water partition coefficient (Wildman–Crippen LogP) is 3.19. The molecule has 21 heavy (non-hydrogen) atoms. The van der Waals surface area contributed by atoms with Gasteiger partial charge in [0.15, 0.2) is 0 Å². The fourth-order valence-electron chi connectivity index (χ4n) is 2.91. The highest BCUT2D eigenvalue weighted by Crippen LogP contribution is 2.29. The number of amides is 1. The maximum absolute atomic E-state index is 11.5. The standard InChI is InChI=1S/C18H20N2O/c1-3-19-18(13-6-4-5-12(2)9-13)14-7-8-16-15(10-14)11-17(21)20-16/h4-10,18-19H,3,11H2,1-2H3,(H,20,21). The molecule has 0 radical (unpaired) electrons. The van der Waals surface area contributed by atoms with Crippen LogP contribution >= 0.6 is 0 Å². The topological polar surface area (TPSA) is 41.1 Å². The van der Waals surface area contributed by atoms with Crippen LogP contribution in [-0.2, 0) is 11.2 Å². The highest BCUT2D eigenvalue weighted by molar-refractivity contribution is 5.99. The summed E-state index contributed by atoms with van der Waals surface area (Å²) in [6.07, 6.45) is 0.482. The number of fused-ring (bicyclic) bond motifs is 1. The van der Waals surface area contributed by atoms with Crippen molar-refractivity contribution in [2.75, 3.05) is 11.9 Å². The first-order valence-corrected chi connectivity index (χ1v) is 7.40. The van der Waals surface area contributed by atoms with Gasteiger partial charge in [-0.3, -0.25) is 4.79 Å². The molecular weight excluding hydrogens is 260 g/mol. The third kappa shape index (κ3) is 2.83. The summed E-state index contributed by atoms with van der Waals surface area (Å²) in [5.74, 6) is 0.0812. The third-order valence-electron chi connectivity index (χ3n) is 3.87. The van der Waals surface area contributed by atoms with Crippen molar-refractivity contribution in [1.82, 2.24) is 5.32 Å². The molecule has 2 aromatic carbocycles. The van der Waals surface area contributed by atoms with E-state index in [1.165, 1.54) is 16.7 Å². The molecule has 0 fully saturated rings. The van der Waals surface area contributed by atoms with E-state index in [1.54, 1.807) is 0 Å². The molecule has 0 aromatic heterocycles. The molecule has 0 bridgehead atoms. The molecule has 1 heterocycles. The van der Waals surface area contributed by atoms with Crippen molar-refractivity contribution in [1.29, 1.82) is 0 Å². The minimum atomic E-state index is 0.0812. The Kier molecular flexibility index (Phi) is 3.76. The van der Waals surface area contributed by atoms with E-state index in [0.717, 1.165) is 17.8 Å². The fraction of sp³-hybridized carbons (Fsp3) is 0.278. The lowest BCUT2D eigenvalue weighted by atomic mass is 9.95. The van der Waals surface area contributed by atoms with E-state index in [1.807, 2.05) is 6.07 Å². The number of hydrogen-bond acceptors (Lipinski definition) is 2. The van der Waals surface area contributed by atoms with Crippen LogP contribution in [0.25, 0.3) is 0 Å². The van der Waals surface area contributed by atoms with Gasteiger partial charge in [-0.05, 0) is 36.2 Å². The van der Waals surface area contributed by atoms with Crippen LogP contribution < -0.4 is 10.6 Å². The van der Waals surface area contributed by atoms with Gasteiger partial charge >= 0.3 is 0 Å². The smallest absolute Gasteiger partial charge is 0.228 e. The van der Waals surface area contributed by atoms with Gasteiger partial charge in [-0.25, -0.2) is 0 Å². The minimum absolute atomic E-state index is 0.0812. The molecule has 1 aliphatic rings. The van der Waals surface area contributed by atoms with E-state index in [0.29, 0.717) is 6.42 Å². The summed E-state index contributed by atoms with van der Waals surface area (Å²) in [4.78, 5) is 11.5. The number of benzene rings is 2. The average molecular weight is 280 g/mol. The summed E-state index contributed by atoms with van der Waals surface area (Å²) in [5.41, 5.74) is 5.76. The molecule has 108 valence electrons. The van der Waals surface area contributed by atoms with Gasteiger partial charge in [0, 0.05) is 5.69 Å². The predicted molar refractivity (Wildman–Crippen MR) is 85.5 cm³/mol. The molecular formula is C18H20N2O. The van der Waals surface area contributed by atoms with E-state index < -0.39 is 0 Å². The van der Waals surface area contributed by atoms with Crippen molar-refractivity contribution in [3.63, 3.8) is 0 Å².